The third kappa shape index (κ3) is 2.00. The number of hydrogen-bond acceptors (Lipinski definition) is 5. The molecule has 0 bridgehead atoms. The van der Waals surface area contributed by atoms with Crippen molar-refractivity contribution in [1.29, 1.82) is 0 Å². The minimum atomic E-state index is -2.11. The Morgan fingerprint density at radius 2 is 1.90 bits per heavy atom. The first-order valence-corrected chi connectivity index (χ1v) is 2.34. The van der Waals surface area contributed by atoms with E-state index in [2.05, 4.69) is 5.73 Å². The summed E-state index contributed by atoms with van der Waals surface area (Å²) in [5.41, 5.74) is 4.67. The first kappa shape index (κ1) is 8.86. The molecule has 0 amide bonds. The summed E-state index contributed by atoms with van der Waals surface area (Å²) < 4.78 is 0. The number of rotatable bonds is 3. The zero-order valence-corrected chi connectivity index (χ0v) is 4.85. The van der Waals surface area contributed by atoms with E-state index < -0.39 is 24.1 Å². The van der Waals surface area contributed by atoms with Gasteiger partial charge in [0.25, 0.3) is 0 Å². The van der Waals surface area contributed by atoms with Crippen LogP contribution in [0.5, 0.6) is 0 Å². The normalized spacial score (nSPS) is 15.8. The van der Waals surface area contributed by atoms with Crippen LogP contribution in [0.15, 0.2) is 0 Å². The molecule has 2 atom stereocenters. The van der Waals surface area contributed by atoms with E-state index in [4.69, 9.17) is 10.2 Å². The van der Waals surface area contributed by atoms with Crippen LogP contribution in [0.4, 0.5) is 0 Å². The fourth-order valence-electron chi connectivity index (χ4n) is 0.283. The molecule has 0 spiro atoms. The number of nitrogens with two attached hydrogens (primary N) is 1. The summed E-state index contributed by atoms with van der Waals surface area (Å²) in [6, 6.07) is -1.88. The van der Waals surface area contributed by atoms with Crippen molar-refractivity contribution in [3.63, 3.8) is 0 Å². The van der Waals surface area contributed by atoms with Gasteiger partial charge in [-0.2, -0.15) is 0 Å². The second-order valence-corrected chi connectivity index (χ2v) is 1.63. The first-order chi connectivity index (χ1) is 4.46. The van der Waals surface area contributed by atoms with E-state index in [1.54, 1.807) is 0 Å². The minimum Gasteiger partial charge on any atom is -0.548 e. The molecule has 0 heterocycles. The largest absolute Gasteiger partial charge is 0.548 e. The van der Waals surface area contributed by atoms with Crippen LogP contribution < -0.4 is 10.8 Å². The second-order valence-electron chi connectivity index (χ2n) is 1.63. The van der Waals surface area contributed by atoms with Crippen LogP contribution in [0, 0.1) is 0 Å². The lowest BCUT2D eigenvalue weighted by molar-refractivity contribution is -0.309. The molecule has 0 radical (unpaired) electrons. The van der Waals surface area contributed by atoms with Gasteiger partial charge in [0.1, 0.15) is 0 Å². The lowest BCUT2D eigenvalue weighted by Crippen LogP contribution is -2.52. The topological polar surface area (TPSA) is 124 Å². The van der Waals surface area contributed by atoms with Crippen molar-refractivity contribution >= 4 is 11.9 Å². The Labute approximate surface area is 55.9 Å². The van der Waals surface area contributed by atoms with Crippen molar-refractivity contribution in [2.75, 3.05) is 0 Å². The Morgan fingerprint density at radius 3 is 2.00 bits per heavy atom. The zero-order valence-electron chi connectivity index (χ0n) is 4.85. The molecule has 58 valence electrons. The number of aliphatic carboxylic acids is 2. The van der Waals surface area contributed by atoms with Crippen LogP contribution in [-0.4, -0.2) is 34.3 Å². The number of carboxylic acids is 2. The molecule has 4 N–H and O–H groups in total. The van der Waals surface area contributed by atoms with Gasteiger partial charge in [-0.05, 0) is 0 Å². The van der Waals surface area contributed by atoms with Crippen LogP contribution in [0.25, 0.3) is 0 Å². The minimum absolute atomic E-state index is 1.68. The van der Waals surface area contributed by atoms with Crippen LogP contribution in [0.3, 0.4) is 0 Å². The highest BCUT2D eigenvalue weighted by molar-refractivity contribution is 5.82. The molecule has 0 aliphatic rings. The summed E-state index contributed by atoms with van der Waals surface area (Å²) in [5, 5.41) is 26.2. The monoisotopic (exact) mass is 148 g/mol. The van der Waals surface area contributed by atoms with E-state index in [1.165, 1.54) is 0 Å². The molecule has 0 aromatic carbocycles. The van der Waals surface area contributed by atoms with Gasteiger partial charge >= 0.3 is 5.97 Å². The van der Waals surface area contributed by atoms with Gasteiger partial charge in [0.15, 0.2) is 6.10 Å². The first-order valence-electron chi connectivity index (χ1n) is 2.34. The van der Waals surface area contributed by atoms with Gasteiger partial charge in [0.05, 0.1) is 12.0 Å². The van der Waals surface area contributed by atoms with Gasteiger partial charge in [-0.3, -0.25) is 0 Å². The van der Waals surface area contributed by atoms with Gasteiger partial charge in [0.2, 0.25) is 0 Å². The Morgan fingerprint density at radius 1 is 1.50 bits per heavy atom. The number of carbonyl (C=O) groups is 2. The average molecular weight is 148 g/mol. The maximum atomic E-state index is 9.82. The highest BCUT2D eigenvalue weighted by atomic mass is 16.4. The van der Waals surface area contributed by atoms with Crippen molar-refractivity contribution in [2.24, 2.45) is 5.73 Å². The third-order valence-electron chi connectivity index (χ3n) is 0.865. The molecule has 6 heteroatoms. The summed E-state index contributed by atoms with van der Waals surface area (Å²) in [5.74, 6) is -3.48. The van der Waals surface area contributed by atoms with Crippen LogP contribution in [0.1, 0.15) is 0 Å². The highest BCUT2D eigenvalue weighted by Crippen LogP contribution is 1.87. The summed E-state index contributed by atoms with van der Waals surface area (Å²) in [6.07, 6.45) is -2.11. The fourth-order valence-corrected chi connectivity index (χ4v) is 0.283. The summed E-state index contributed by atoms with van der Waals surface area (Å²) in [7, 11) is 0. The predicted octanol–water partition coefficient (Wildman–Crippen LogP) is -3.49. The summed E-state index contributed by atoms with van der Waals surface area (Å²) in [4.78, 5) is 19.6. The number of carbonyl (C=O) groups excluding carboxylic acids is 1. The number of carboxylic acid groups (broad SMARTS) is 2. The standard InChI is InChI=1S/C4H7NO5/c5-1(3(7)8)2(6)4(9)10/h1-2,6H,5H2,(H,7,8)(H,9,10)/p-1/t1-,2+/m0/s1. The molecular weight excluding hydrogens is 142 g/mol. The van der Waals surface area contributed by atoms with E-state index in [0.29, 0.717) is 0 Å². The molecule has 0 rings (SSSR count). The molecule has 0 aromatic rings. The Balaban J connectivity index is 4.07. The quantitative estimate of drug-likeness (QED) is 0.381. The number of aliphatic hydroxyl groups excluding tert-OH is 1. The van der Waals surface area contributed by atoms with Crippen molar-refractivity contribution < 1.29 is 24.9 Å². The van der Waals surface area contributed by atoms with Gasteiger partial charge < -0.3 is 25.8 Å². The van der Waals surface area contributed by atoms with Gasteiger partial charge in [0, 0.05) is 0 Å². The van der Waals surface area contributed by atoms with Crippen molar-refractivity contribution in [3.8, 4) is 0 Å². The SMILES string of the molecule is N[C@H](C(=O)[O-])[C@@H](O)C(=O)O. The Bertz CT molecular complexity index is 138. The lowest BCUT2D eigenvalue weighted by atomic mass is 10.2. The van der Waals surface area contributed by atoms with Gasteiger partial charge in [-0.1, -0.05) is 0 Å². The average Bonchev–Trinajstić information content (AvgIpc) is 1.84. The van der Waals surface area contributed by atoms with Crippen molar-refractivity contribution in [2.45, 2.75) is 12.1 Å². The van der Waals surface area contributed by atoms with Crippen molar-refractivity contribution in [3.05, 3.63) is 0 Å². The molecule has 0 aliphatic carbocycles. The molecule has 0 unspecified atom stereocenters. The van der Waals surface area contributed by atoms with E-state index in [0.717, 1.165) is 0 Å². The molecular formula is C4H6NO5-. The predicted molar refractivity (Wildman–Crippen MR) is 26.6 cm³/mol. The number of aliphatic hydroxyl groups is 1. The Hall–Kier alpha value is -1.14. The molecule has 6 nitrogen and oxygen atoms in total. The number of hydrogen-bond donors (Lipinski definition) is 3. The highest BCUT2D eigenvalue weighted by Gasteiger charge is 2.22. The summed E-state index contributed by atoms with van der Waals surface area (Å²) in [6.45, 7) is 0. The van der Waals surface area contributed by atoms with E-state index >= 15 is 0 Å². The Kier molecular flexibility index (Phi) is 2.78. The molecule has 0 saturated heterocycles. The second kappa shape index (κ2) is 3.14. The summed E-state index contributed by atoms with van der Waals surface area (Å²) >= 11 is 0. The zero-order chi connectivity index (χ0) is 8.31. The maximum Gasteiger partial charge on any atom is 0.334 e. The smallest absolute Gasteiger partial charge is 0.334 e. The van der Waals surface area contributed by atoms with Crippen LogP contribution >= 0.6 is 0 Å². The van der Waals surface area contributed by atoms with Crippen LogP contribution in [0.2, 0.25) is 0 Å². The third-order valence-corrected chi connectivity index (χ3v) is 0.865. The molecule has 0 fully saturated rings. The lowest BCUT2D eigenvalue weighted by Gasteiger charge is -2.14. The fraction of sp³-hybridized carbons (Fsp3) is 0.500. The molecule has 0 saturated carbocycles. The molecule has 0 aliphatic heterocycles. The van der Waals surface area contributed by atoms with Gasteiger partial charge in [-0.15, -0.1) is 0 Å². The van der Waals surface area contributed by atoms with Gasteiger partial charge in [-0.25, -0.2) is 4.79 Å². The molecule has 10 heavy (non-hydrogen) atoms. The van der Waals surface area contributed by atoms with Crippen LogP contribution in [-0.2, 0) is 9.59 Å². The van der Waals surface area contributed by atoms with Crippen molar-refractivity contribution in [1.82, 2.24) is 0 Å². The van der Waals surface area contributed by atoms with E-state index in [-0.39, 0.29) is 0 Å². The van der Waals surface area contributed by atoms with E-state index in [9.17, 15) is 14.7 Å². The van der Waals surface area contributed by atoms with E-state index in [1.807, 2.05) is 0 Å². The molecule has 0 aromatic heterocycles. The maximum absolute atomic E-state index is 9.82.